The smallest absolute Gasteiger partial charge is 0.119 e. The largest absolute Gasteiger partial charge is 0.491 e. The van der Waals surface area contributed by atoms with Gasteiger partial charge >= 0.3 is 0 Å². The number of benzene rings is 1. The van der Waals surface area contributed by atoms with Crippen molar-refractivity contribution in [3.05, 3.63) is 29.8 Å². The summed E-state index contributed by atoms with van der Waals surface area (Å²) in [6.45, 7) is 5.91. The van der Waals surface area contributed by atoms with Gasteiger partial charge in [-0.2, -0.15) is 0 Å². The molecule has 0 aliphatic carbocycles. The number of ether oxygens (including phenoxy) is 1. The molecule has 1 aromatic rings. The van der Waals surface area contributed by atoms with E-state index in [1.807, 2.05) is 33.0 Å². The van der Waals surface area contributed by atoms with Crippen LogP contribution in [-0.4, -0.2) is 31.8 Å². The molecule has 0 aromatic heterocycles. The zero-order valence-corrected chi connectivity index (χ0v) is 10.7. The Hall–Kier alpha value is -1.06. The van der Waals surface area contributed by atoms with Crippen molar-refractivity contribution in [3.63, 3.8) is 0 Å². The summed E-state index contributed by atoms with van der Waals surface area (Å²) >= 11 is 0. The van der Waals surface area contributed by atoms with E-state index in [4.69, 9.17) is 4.74 Å². The van der Waals surface area contributed by atoms with Gasteiger partial charge in [-0.25, -0.2) is 0 Å². The number of hydrogen-bond donors (Lipinski definition) is 1. The standard InChI is InChI=1S/C13H22N2O/c1-11(2)16-13-7-5-12(6-8-13)9-15(4)10-14-3/h5-8,11,14H,9-10H2,1-4H3. The molecule has 0 amide bonds. The van der Waals surface area contributed by atoms with E-state index in [-0.39, 0.29) is 6.10 Å². The van der Waals surface area contributed by atoms with E-state index in [0.29, 0.717) is 0 Å². The summed E-state index contributed by atoms with van der Waals surface area (Å²) in [5.41, 5.74) is 1.30. The Balaban J connectivity index is 2.50. The van der Waals surface area contributed by atoms with Gasteiger partial charge in [-0.1, -0.05) is 12.1 Å². The zero-order valence-electron chi connectivity index (χ0n) is 10.7. The Morgan fingerprint density at radius 1 is 1.25 bits per heavy atom. The Labute approximate surface area is 98.4 Å². The van der Waals surface area contributed by atoms with Gasteiger partial charge in [-0.3, -0.25) is 4.90 Å². The van der Waals surface area contributed by atoms with E-state index in [0.717, 1.165) is 19.0 Å². The van der Waals surface area contributed by atoms with Gasteiger partial charge in [-0.05, 0) is 45.6 Å². The molecule has 0 fully saturated rings. The Morgan fingerprint density at radius 2 is 1.88 bits per heavy atom. The van der Waals surface area contributed by atoms with Gasteiger partial charge < -0.3 is 10.1 Å². The van der Waals surface area contributed by atoms with Crippen molar-refractivity contribution in [2.24, 2.45) is 0 Å². The molecular formula is C13H22N2O. The van der Waals surface area contributed by atoms with Crippen molar-refractivity contribution in [2.75, 3.05) is 20.8 Å². The minimum atomic E-state index is 0.234. The van der Waals surface area contributed by atoms with Crippen molar-refractivity contribution in [1.29, 1.82) is 0 Å². The highest BCUT2D eigenvalue weighted by molar-refractivity contribution is 5.27. The van der Waals surface area contributed by atoms with Crippen LogP contribution in [0.25, 0.3) is 0 Å². The first-order valence-corrected chi connectivity index (χ1v) is 5.70. The van der Waals surface area contributed by atoms with Crippen LogP contribution in [0.1, 0.15) is 19.4 Å². The van der Waals surface area contributed by atoms with E-state index >= 15 is 0 Å². The Morgan fingerprint density at radius 3 is 2.38 bits per heavy atom. The van der Waals surface area contributed by atoms with Gasteiger partial charge in [0, 0.05) is 13.2 Å². The fraction of sp³-hybridized carbons (Fsp3) is 0.538. The third kappa shape index (κ3) is 4.64. The molecule has 1 N–H and O–H groups in total. The van der Waals surface area contributed by atoms with E-state index in [1.54, 1.807) is 0 Å². The molecule has 0 bridgehead atoms. The number of hydrogen-bond acceptors (Lipinski definition) is 3. The van der Waals surface area contributed by atoms with Crippen molar-refractivity contribution in [2.45, 2.75) is 26.5 Å². The van der Waals surface area contributed by atoms with Gasteiger partial charge in [0.2, 0.25) is 0 Å². The third-order valence-electron chi connectivity index (χ3n) is 2.18. The van der Waals surface area contributed by atoms with E-state index in [2.05, 4.69) is 29.4 Å². The van der Waals surface area contributed by atoms with Crippen LogP contribution < -0.4 is 10.1 Å². The molecule has 1 aromatic carbocycles. The molecule has 0 aliphatic heterocycles. The predicted molar refractivity (Wildman–Crippen MR) is 67.6 cm³/mol. The van der Waals surface area contributed by atoms with E-state index < -0.39 is 0 Å². The SMILES string of the molecule is CNCN(C)Cc1ccc(OC(C)C)cc1. The molecule has 0 atom stereocenters. The molecule has 0 heterocycles. The highest BCUT2D eigenvalue weighted by atomic mass is 16.5. The van der Waals surface area contributed by atoms with Crippen molar-refractivity contribution in [1.82, 2.24) is 10.2 Å². The zero-order chi connectivity index (χ0) is 12.0. The summed E-state index contributed by atoms with van der Waals surface area (Å²) in [5, 5.41) is 3.13. The lowest BCUT2D eigenvalue weighted by Crippen LogP contribution is -2.27. The maximum atomic E-state index is 5.60. The number of rotatable bonds is 6. The molecule has 0 unspecified atom stereocenters. The van der Waals surface area contributed by atoms with Crippen molar-refractivity contribution >= 4 is 0 Å². The minimum absolute atomic E-state index is 0.234. The third-order valence-corrected chi connectivity index (χ3v) is 2.18. The summed E-state index contributed by atoms with van der Waals surface area (Å²) in [4.78, 5) is 2.22. The second-order valence-electron chi connectivity index (χ2n) is 4.34. The van der Waals surface area contributed by atoms with E-state index in [1.165, 1.54) is 5.56 Å². The van der Waals surface area contributed by atoms with Crippen molar-refractivity contribution < 1.29 is 4.74 Å². The van der Waals surface area contributed by atoms with Gasteiger partial charge in [0.15, 0.2) is 0 Å². The molecule has 0 saturated carbocycles. The predicted octanol–water partition coefficient (Wildman–Crippen LogP) is 2.08. The van der Waals surface area contributed by atoms with Crippen LogP contribution in [0.2, 0.25) is 0 Å². The molecule has 90 valence electrons. The van der Waals surface area contributed by atoms with Crippen LogP contribution in [0.15, 0.2) is 24.3 Å². The van der Waals surface area contributed by atoms with Crippen LogP contribution in [0.4, 0.5) is 0 Å². The van der Waals surface area contributed by atoms with Gasteiger partial charge in [0.25, 0.3) is 0 Å². The molecule has 3 heteroatoms. The molecule has 16 heavy (non-hydrogen) atoms. The number of nitrogens with one attached hydrogen (secondary N) is 1. The Bertz CT molecular complexity index is 295. The fourth-order valence-corrected chi connectivity index (χ4v) is 1.58. The molecule has 0 radical (unpaired) electrons. The Kier molecular flexibility index (Phi) is 5.29. The quantitative estimate of drug-likeness (QED) is 0.746. The first-order valence-electron chi connectivity index (χ1n) is 5.70. The van der Waals surface area contributed by atoms with Crippen LogP contribution in [-0.2, 0) is 6.54 Å². The van der Waals surface area contributed by atoms with Crippen LogP contribution >= 0.6 is 0 Å². The topological polar surface area (TPSA) is 24.5 Å². The lowest BCUT2D eigenvalue weighted by molar-refractivity contribution is 0.242. The molecule has 3 nitrogen and oxygen atoms in total. The maximum Gasteiger partial charge on any atom is 0.119 e. The maximum absolute atomic E-state index is 5.60. The summed E-state index contributed by atoms with van der Waals surface area (Å²) in [6.07, 6.45) is 0.234. The number of nitrogens with zero attached hydrogens (tertiary/aromatic N) is 1. The van der Waals surface area contributed by atoms with Crippen LogP contribution in [0.5, 0.6) is 5.75 Å². The summed E-state index contributed by atoms with van der Waals surface area (Å²) in [7, 11) is 4.05. The first kappa shape index (κ1) is 13.0. The van der Waals surface area contributed by atoms with E-state index in [9.17, 15) is 0 Å². The molecule has 1 rings (SSSR count). The van der Waals surface area contributed by atoms with Gasteiger partial charge in [0.05, 0.1) is 6.10 Å². The van der Waals surface area contributed by atoms with Crippen LogP contribution in [0, 0.1) is 0 Å². The summed E-state index contributed by atoms with van der Waals surface area (Å²) in [6, 6.07) is 8.29. The lowest BCUT2D eigenvalue weighted by atomic mass is 10.2. The second-order valence-corrected chi connectivity index (χ2v) is 4.34. The highest BCUT2D eigenvalue weighted by Crippen LogP contribution is 2.14. The normalized spacial score (nSPS) is 11.1. The molecule has 0 spiro atoms. The van der Waals surface area contributed by atoms with Gasteiger partial charge in [-0.15, -0.1) is 0 Å². The fourth-order valence-electron chi connectivity index (χ4n) is 1.58. The van der Waals surface area contributed by atoms with Crippen LogP contribution in [0.3, 0.4) is 0 Å². The molecule has 0 saturated heterocycles. The summed E-state index contributed by atoms with van der Waals surface area (Å²) < 4.78 is 5.60. The average Bonchev–Trinajstić information content (AvgIpc) is 2.20. The van der Waals surface area contributed by atoms with Gasteiger partial charge in [0.1, 0.15) is 5.75 Å². The second kappa shape index (κ2) is 6.51. The minimum Gasteiger partial charge on any atom is -0.491 e. The monoisotopic (exact) mass is 222 g/mol. The summed E-state index contributed by atoms with van der Waals surface area (Å²) in [5.74, 6) is 0.940. The first-order chi connectivity index (χ1) is 7.61. The van der Waals surface area contributed by atoms with Crippen molar-refractivity contribution in [3.8, 4) is 5.75 Å². The lowest BCUT2D eigenvalue weighted by Gasteiger charge is -2.16. The molecular weight excluding hydrogens is 200 g/mol. The average molecular weight is 222 g/mol. The highest BCUT2D eigenvalue weighted by Gasteiger charge is 2.00. The molecule has 0 aliphatic rings.